The predicted molar refractivity (Wildman–Crippen MR) is 82.7 cm³/mol. The molecule has 2 heterocycles. The van der Waals surface area contributed by atoms with E-state index in [4.69, 9.17) is 20.9 Å². The maximum absolute atomic E-state index is 11.4. The largest absolute Gasteiger partial charge is 0.486 e. The van der Waals surface area contributed by atoms with Crippen LogP contribution in [-0.4, -0.2) is 49.2 Å². The highest BCUT2D eigenvalue weighted by Crippen LogP contribution is 2.31. The molecule has 1 aromatic carbocycles. The van der Waals surface area contributed by atoms with Gasteiger partial charge in [0.05, 0.1) is 5.92 Å². The first-order valence-corrected chi connectivity index (χ1v) is 7.79. The van der Waals surface area contributed by atoms with Gasteiger partial charge in [-0.25, -0.2) is 0 Å². The lowest BCUT2D eigenvalue weighted by molar-refractivity contribution is -0.124. The summed E-state index contributed by atoms with van der Waals surface area (Å²) in [5.41, 5.74) is 11.4. The molecule has 2 aliphatic heterocycles. The lowest BCUT2D eigenvalue weighted by Gasteiger charge is -2.36. The fourth-order valence-corrected chi connectivity index (χ4v) is 3.07. The van der Waals surface area contributed by atoms with Gasteiger partial charge in [-0.15, -0.1) is 0 Å². The van der Waals surface area contributed by atoms with Gasteiger partial charge in [0, 0.05) is 25.6 Å². The number of carbonyl (C=O) groups excluding carboxylic acids is 1. The monoisotopic (exact) mass is 305 g/mol. The highest BCUT2D eigenvalue weighted by Gasteiger charge is 2.31. The predicted octanol–water partition coefficient (Wildman–Crippen LogP) is 0.351. The number of primary amides is 1. The van der Waals surface area contributed by atoms with E-state index in [0.29, 0.717) is 13.2 Å². The number of likely N-dealkylation sites (tertiary alicyclic amines) is 1. The van der Waals surface area contributed by atoms with Crippen molar-refractivity contribution in [3.8, 4) is 11.5 Å². The highest BCUT2D eigenvalue weighted by molar-refractivity contribution is 5.77. The van der Waals surface area contributed by atoms with E-state index in [-0.39, 0.29) is 24.0 Å². The Morgan fingerprint density at radius 2 is 2.09 bits per heavy atom. The Morgan fingerprint density at radius 3 is 2.86 bits per heavy atom. The third kappa shape index (κ3) is 3.34. The fourth-order valence-electron chi connectivity index (χ4n) is 3.07. The van der Waals surface area contributed by atoms with E-state index in [2.05, 4.69) is 4.90 Å². The summed E-state index contributed by atoms with van der Waals surface area (Å²) in [4.78, 5) is 13.7. The van der Waals surface area contributed by atoms with Gasteiger partial charge < -0.3 is 25.8 Å². The van der Waals surface area contributed by atoms with Crippen LogP contribution in [0.1, 0.15) is 12.8 Å². The van der Waals surface area contributed by atoms with Gasteiger partial charge in [-0.05, 0) is 25.1 Å². The van der Waals surface area contributed by atoms with Crippen LogP contribution in [0.15, 0.2) is 24.3 Å². The summed E-state index contributed by atoms with van der Waals surface area (Å²) < 4.78 is 11.7. The Hall–Kier alpha value is -1.79. The van der Waals surface area contributed by atoms with Crippen molar-refractivity contribution in [2.24, 2.45) is 17.4 Å². The van der Waals surface area contributed by atoms with Crippen LogP contribution in [0.4, 0.5) is 0 Å². The molecule has 0 aromatic heterocycles. The second kappa shape index (κ2) is 6.54. The molecule has 3 rings (SSSR count). The molecule has 1 amide bonds. The molecule has 0 saturated carbocycles. The van der Waals surface area contributed by atoms with Crippen molar-refractivity contribution in [3.05, 3.63) is 24.3 Å². The number of hydrogen-bond acceptors (Lipinski definition) is 5. The van der Waals surface area contributed by atoms with Gasteiger partial charge in [0.2, 0.25) is 5.91 Å². The maximum Gasteiger partial charge on any atom is 0.223 e. The highest BCUT2D eigenvalue weighted by atomic mass is 16.6. The zero-order valence-corrected chi connectivity index (χ0v) is 12.6. The molecule has 1 saturated heterocycles. The van der Waals surface area contributed by atoms with Crippen LogP contribution >= 0.6 is 0 Å². The van der Waals surface area contributed by atoms with E-state index in [1.807, 2.05) is 24.3 Å². The first-order valence-electron chi connectivity index (χ1n) is 7.79. The van der Waals surface area contributed by atoms with Crippen LogP contribution in [0.2, 0.25) is 0 Å². The molecule has 0 bridgehead atoms. The molecule has 0 aliphatic carbocycles. The molecule has 0 spiro atoms. The van der Waals surface area contributed by atoms with Crippen molar-refractivity contribution < 1.29 is 14.3 Å². The van der Waals surface area contributed by atoms with Gasteiger partial charge in [0.1, 0.15) is 12.7 Å². The van der Waals surface area contributed by atoms with Crippen molar-refractivity contribution >= 4 is 5.91 Å². The van der Waals surface area contributed by atoms with Gasteiger partial charge in [-0.1, -0.05) is 12.1 Å². The van der Waals surface area contributed by atoms with E-state index in [1.54, 1.807) is 0 Å². The molecule has 6 nitrogen and oxygen atoms in total. The number of nitrogens with two attached hydrogens (primary N) is 2. The second-order valence-corrected chi connectivity index (χ2v) is 6.05. The minimum atomic E-state index is -0.302. The average Bonchev–Trinajstić information content (AvgIpc) is 2.53. The number of rotatable bonds is 4. The van der Waals surface area contributed by atoms with Crippen LogP contribution in [0.25, 0.3) is 0 Å². The number of nitrogens with zero attached hydrogens (tertiary/aromatic N) is 1. The summed E-state index contributed by atoms with van der Waals surface area (Å²) in [5, 5.41) is 0. The Bertz CT molecular complexity index is 537. The van der Waals surface area contributed by atoms with E-state index in [1.165, 1.54) is 0 Å². The van der Waals surface area contributed by atoms with Crippen molar-refractivity contribution in [1.29, 1.82) is 0 Å². The number of benzene rings is 1. The van der Waals surface area contributed by atoms with Crippen LogP contribution in [-0.2, 0) is 4.79 Å². The van der Waals surface area contributed by atoms with E-state index in [9.17, 15) is 4.79 Å². The third-order valence-corrected chi connectivity index (χ3v) is 4.45. The van der Waals surface area contributed by atoms with Crippen LogP contribution in [0, 0.1) is 5.92 Å². The summed E-state index contributed by atoms with van der Waals surface area (Å²) in [6.45, 7) is 2.95. The normalized spacial score (nSPS) is 28.3. The molecule has 1 fully saturated rings. The molecule has 120 valence electrons. The number of para-hydroxylation sites is 2. The molecule has 1 aromatic rings. The van der Waals surface area contributed by atoms with Gasteiger partial charge in [-0.3, -0.25) is 4.79 Å². The third-order valence-electron chi connectivity index (χ3n) is 4.45. The lowest BCUT2D eigenvalue weighted by Crippen LogP contribution is -2.52. The van der Waals surface area contributed by atoms with E-state index < -0.39 is 0 Å². The molecule has 3 atom stereocenters. The van der Waals surface area contributed by atoms with Crippen LogP contribution in [0.5, 0.6) is 11.5 Å². The number of piperidine rings is 1. The second-order valence-electron chi connectivity index (χ2n) is 6.05. The zero-order valence-electron chi connectivity index (χ0n) is 12.6. The topological polar surface area (TPSA) is 90.8 Å². The Labute approximate surface area is 130 Å². The summed E-state index contributed by atoms with van der Waals surface area (Å²) in [7, 11) is 0. The van der Waals surface area contributed by atoms with Crippen molar-refractivity contribution in [2.75, 3.05) is 26.2 Å². The minimum absolute atomic E-state index is 0.0394. The summed E-state index contributed by atoms with van der Waals surface area (Å²) >= 11 is 0. The van der Waals surface area contributed by atoms with Crippen molar-refractivity contribution in [2.45, 2.75) is 25.0 Å². The Morgan fingerprint density at radius 1 is 1.32 bits per heavy atom. The molecule has 22 heavy (non-hydrogen) atoms. The maximum atomic E-state index is 11.4. The first kappa shape index (κ1) is 15.1. The van der Waals surface area contributed by atoms with Gasteiger partial charge in [-0.2, -0.15) is 0 Å². The summed E-state index contributed by atoms with van der Waals surface area (Å²) in [5.74, 6) is 1.05. The molecular weight excluding hydrogens is 282 g/mol. The molecule has 6 heteroatoms. The number of carbonyl (C=O) groups is 1. The SMILES string of the molecule is NC(=O)[C@H]1CN(CCC2COc3ccccc3O2)CC[C@H]1N. The average molecular weight is 305 g/mol. The quantitative estimate of drug-likeness (QED) is 0.837. The van der Waals surface area contributed by atoms with Crippen LogP contribution < -0.4 is 20.9 Å². The van der Waals surface area contributed by atoms with Gasteiger partial charge in [0.15, 0.2) is 11.5 Å². The molecule has 0 radical (unpaired) electrons. The lowest BCUT2D eigenvalue weighted by atomic mass is 9.92. The number of fused-ring (bicyclic) bond motifs is 1. The van der Waals surface area contributed by atoms with E-state index in [0.717, 1.165) is 37.4 Å². The minimum Gasteiger partial charge on any atom is -0.486 e. The summed E-state index contributed by atoms with van der Waals surface area (Å²) in [6, 6.07) is 7.59. The van der Waals surface area contributed by atoms with Crippen LogP contribution in [0.3, 0.4) is 0 Å². The molecule has 4 N–H and O–H groups in total. The molecule has 2 aliphatic rings. The molecular formula is C16H23N3O3. The van der Waals surface area contributed by atoms with Gasteiger partial charge in [0.25, 0.3) is 0 Å². The van der Waals surface area contributed by atoms with Crippen molar-refractivity contribution in [3.63, 3.8) is 0 Å². The molecule has 1 unspecified atom stereocenters. The number of hydrogen-bond donors (Lipinski definition) is 2. The Kier molecular flexibility index (Phi) is 4.49. The fraction of sp³-hybridized carbons (Fsp3) is 0.562. The number of ether oxygens (including phenoxy) is 2. The Balaban J connectivity index is 1.50. The number of amides is 1. The van der Waals surface area contributed by atoms with E-state index >= 15 is 0 Å². The van der Waals surface area contributed by atoms with Crippen molar-refractivity contribution in [1.82, 2.24) is 4.90 Å². The zero-order chi connectivity index (χ0) is 15.5. The summed E-state index contributed by atoms with van der Waals surface area (Å²) in [6.07, 6.45) is 1.70. The smallest absolute Gasteiger partial charge is 0.223 e. The van der Waals surface area contributed by atoms with Gasteiger partial charge >= 0.3 is 0 Å². The first-order chi connectivity index (χ1) is 10.6. The standard InChI is InChI=1S/C16H23N3O3/c17-13-6-8-19(9-12(13)16(18)20)7-5-11-10-21-14-3-1-2-4-15(14)22-11/h1-4,11-13H,5-10,17H2,(H2,18,20)/t11?,12-,13+/m0/s1.